The van der Waals surface area contributed by atoms with E-state index in [1.54, 1.807) is 12.2 Å². The Morgan fingerprint density at radius 1 is 1.33 bits per heavy atom. The van der Waals surface area contributed by atoms with Crippen LogP contribution in [0.1, 0.15) is 69.3 Å². The second kappa shape index (κ2) is 8.52. The molecule has 0 aliphatic heterocycles. The van der Waals surface area contributed by atoms with Crippen LogP contribution in [0, 0.1) is 5.92 Å². The van der Waals surface area contributed by atoms with Crippen molar-refractivity contribution in [2.45, 2.75) is 63.9 Å². The first-order valence-corrected chi connectivity index (χ1v) is 9.39. The molecule has 4 nitrogen and oxygen atoms in total. The molecule has 3 rings (SSSR count). The van der Waals surface area contributed by atoms with Crippen molar-refractivity contribution in [3.8, 4) is 0 Å². The van der Waals surface area contributed by atoms with E-state index in [0.717, 1.165) is 30.5 Å². The van der Waals surface area contributed by atoms with Gasteiger partial charge in [-0.1, -0.05) is 26.2 Å². The predicted molar refractivity (Wildman–Crippen MR) is 94.7 cm³/mol. The maximum absolute atomic E-state index is 11.8. The first-order valence-electron chi connectivity index (χ1n) is 9.39. The number of hydrogen-bond donors (Lipinski definition) is 1. The summed E-state index contributed by atoms with van der Waals surface area (Å²) in [7, 11) is 0. The topological polar surface area (TPSA) is 51.5 Å². The summed E-state index contributed by atoms with van der Waals surface area (Å²) in [5.41, 5.74) is 0. The van der Waals surface area contributed by atoms with Gasteiger partial charge in [0.1, 0.15) is 11.5 Å². The molecule has 1 aromatic rings. The van der Waals surface area contributed by atoms with Gasteiger partial charge in [0.25, 0.3) is 0 Å². The molecule has 2 unspecified atom stereocenters. The van der Waals surface area contributed by atoms with Gasteiger partial charge in [0.2, 0.25) is 5.91 Å². The van der Waals surface area contributed by atoms with Crippen LogP contribution in [0.4, 0.5) is 0 Å². The summed E-state index contributed by atoms with van der Waals surface area (Å²) >= 11 is 0. The molecule has 1 N–H and O–H groups in total. The van der Waals surface area contributed by atoms with E-state index in [1.807, 2.05) is 12.1 Å². The Kier molecular flexibility index (Phi) is 6.13. The van der Waals surface area contributed by atoms with Crippen molar-refractivity contribution < 1.29 is 13.9 Å². The molecule has 132 valence electrons. The number of carbonyl (C=O) groups excluding carboxylic acids is 1. The van der Waals surface area contributed by atoms with Crippen LogP contribution < -0.4 is 5.32 Å². The number of amides is 1. The predicted octanol–water partition coefficient (Wildman–Crippen LogP) is 4.27. The molecule has 1 aromatic heterocycles. The van der Waals surface area contributed by atoms with Crippen molar-refractivity contribution in [3.63, 3.8) is 0 Å². The molecule has 4 heteroatoms. The maximum Gasteiger partial charge on any atom is 0.244 e. The summed E-state index contributed by atoms with van der Waals surface area (Å²) in [4.78, 5) is 11.8. The minimum Gasteiger partial charge on any atom is -0.461 e. The molecule has 2 fully saturated rings. The summed E-state index contributed by atoms with van der Waals surface area (Å²) in [6.45, 7) is 3.61. The Labute approximate surface area is 144 Å². The van der Waals surface area contributed by atoms with Crippen LogP contribution in [0.15, 0.2) is 22.6 Å². The minimum atomic E-state index is -0.0783. The molecular formula is C20H29NO3. The van der Waals surface area contributed by atoms with Gasteiger partial charge in [0.05, 0.1) is 6.10 Å². The van der Waals surface area contributed by atoms with Gasteiger partial charge in [-0.25, -0.2) is 0 Å². The Balaban J connectivity index is 1.28. The van der Waals surface area contributed by atoms with Crippen LogP contribution in [-0.2, 0) is 9.53 Å². The third kappa shape index (κ3) is 5.23. The number of hydrogen-bond acceptors (Lipinski definition) is 3. The number of nitrogens with one attached hydrogen (secondary N) is 1. The highest BCUT2D eigenvalue weighted by Crippen LogP contribution is 2.47. The molecule has 0 bridgehead atoms. The molecule has 2 saturated carbocycles. The molecule has 24 heavy (non-hydrogen) atoms. The van der Waals surface area contributed by atoms with Crippen molar-refractivity contribution in [2.75, 3.05) is 13.2 Å². The molecule has 1 heterocycles. The molecule has 1 amide bonds. The normalized spacial score (nSPS) is 24.4. The Morgan fingerprint density at radius 3 is 2.88 bits per heavy atom. The molecule has 2 atom stereocenters. The molecule has 2 aliphatic carbocycles. The van der Waals surface area contributed by atoms with Crippen LogP contribution in [0.2, 0.25) is 0 Å². The zero-order chi connectivity index (χ0) is 16.8. The Hall–Kier alpha value is -1.55. The van der Waals surface area contributed by atoms with Crippen LogP contribution in [0.3, 0.4) is 0 Å². The van der Waals surface area contributed by atoms with E-state index in [2.05, 4.69) is 12.2 Å². The zero-order valence-electron chi connectivity index (χ0n) is 14.6. The number of furan rings is 1. The van der Waals surface area contributed by atoms with E-state index in [9.17, 15) is 4.79 Å². The summed E-state index contributed by atoms with van der Waals surface area (Å²) in [5.74, 6) is 3.02. The molecule has 0 saturated heterocycles. The molecule has 2 aliphatic rings. The second-order valence-corrected chi connectivity index (χ2v) is 7.17. The van der Waals surface area contributed by atoms with Crippen LogP contribution in [-0.4, -0.2) is 25.2 Å². The van der Waals surface area contributed by atoms with Gasteiger partial charge in [0.15, 0.2) is 0 Å². The number of rotatable bonds is 8. The lowest BCUT2D eigenvalue weighted by molar-refractivity contribution is -0.116. The summed E-state index contributed by atoms with van der Waals surface area (Å²) < 4.78 is 11.6. The monoisotopic (exact) mass is 331 g/mol. The van der Waals surface area contributed by atoms with Gasteiger partial charge in [-0.15, -0.1) is 0 Å². The van der Waals surface area contributed by atoms with Gasteiger partial charge >= 0.3 is 0 Å². The van der Waals surface area contributed by atoms with Gasteiger partial charge in [0, 0.05) is 25.1 Å². The summed E-state index contributed by atoms with van der Waals surface area (Å²) in [6.07, 6.45) is 12.1. The lowest BCUT2D eigenvalue weighted by Gasteiger charge is -2.21. The zero-order valence-corrected chi connectivity index (χ0v) is 14.6. The first-order chi connectivity index (χ1) is 11.7. The third-order valence-electron chi connectivity index (χ3n) is 5.05. The van der Waals surface area contributed by atoms with Crippen molar-refractivity contribution in [2.24, 2.45) is 5.92 Å². The fourth-order valence-electron chi connectivity index (χ4n) is 3.36. The van der Waals surface area contributed by atoms with Crippen molar-refractivity contribution >= 4 is 12.0 Å². The van der Waals surface area contributed by atoms with E-state index < -0.39 is 0 Å². The highest BCUT2D eigenvalue weighted by Gasteiger charge is 2.36. The molecule has 0 aromatic carbocycles. The Bertz CT molecular complexity index is 557. The van der Waals surface area contributed by atoms with Gasteiger partial charge in [-0.05, 0) is 49.8 Å². The third-order valence-corrected chi connectivity index (χ3v) is 5.05. The lowest BCUT2D eigenvalue weighted by Crippen LogP contribution is -2.24. The summed E-state index contributed by atoms with van der Waals surface area (Å²) in [6, 6.07) is 3.95. The summed E-state index contributed by atoms with van der Waals surface area (Å²) in [5, 5.41) is 2.89. The average Bonchev–Trinajstić information content (AvgIpc) is 3.14. The van der Waals surface area contributed by atoms with Crippen LogP contribution in [0.25, 0.3) is 6.08 Å². The maximum atomic E-state index is 11.8. The SMILES string of the molecule is CC1CC1c1ccc(/C=C/C(=O)NCCCOC2CCCCC2)o1. The van der Waals surface area contributed by atoms with Crippen molar-refractivity contribution in [3.05, 3.63) is 29.7 Å². The van der Waals surface area contributed by atoms with Crippen LogP contribution >= 0.6 is 0 Å². The minimum absolute atomic E-state index is 0.0783. The fourth-order valence-corrected chi connectivity index (χ4v) is 3.36. The van der Waals surface area contributed by atoms with Crippen LogP contribution in [0.5, 0.6) is 0 Å². The average molecular weight is 331 g/mol. The van der Waals surface area contributed by atoms with Crippen molar-refractivity contribution in [1.29, 1.82) is 0 Å². The molecule has 0 spiro atoms. The highest BCUT2D eigenvalue weighted by molar-refractivity contribution is 5.91. The smallest absolute Gasteiger partial charge is 0.244 e. The highest BCUT2D eigenvalue weighted by atomic mass is 16.5. The van der Waals surface area contributed by atoms with Gasteiger partial charge < -0.3 is 14.5 Å². The van der Waals surface area contributed by atoms with E-state index in [4.69, 9.17) is 9.15 Å². The van der Waals surface area contributed by atoms with Crippen molar-refractivity contribution in [1.82, 2.24) is 5.32 Å². The van der Waals surface area contributed by atoms with E-state index in [0.29, 0.717) is 18.6 Å². The number of carbonyl (C=O) groups is 1. The van der Waals surface area contributed by atoms with Gasteiger partial charge in [-0.2, -0.15) is 0 Å². The van der Waals surface area contributed by atoms with E-state index in [1.165, 1.54) is 38.5 Å². The fraction of sp³-hybridized carbons (Fsp3) is 0.650. The standard InChI is InChI=1S/C20H29NO3/c1-15-14-18(15)19-10-8-17(24-19)9-11-20(22)21-12-5-13-23-16-6-3-2-4-7-16/h8-11,15-16,18H,2-7,12-14H2,1H3,(H,21,22)/b11-9+. The first kappa shape index (κ1) is 17.3. The molecule has 0 radical (unpaired) electrons. The largest absolute Gasteiger partial charge is 0.461 e. The number of ether oxygens (including phenoxy) is 1. The van der Waals surface area contributed by atoms with E-state index in [-0.39, 0.29) is 5.91 Å². The molecular weight excluding hydrogens is 302 g/mol. The lowest BCUT2D eigenvalue weighted by atomic mass is 9.98. The van der Waals surface area contributed by atoms with E-state index >= 15 is 0 Å². The quantitative estimate of drug-likeness (QED) is 0.571. The second-order valence-electron chi connectivity index (χ2n) is 7.17. The van der Waals surface area contributed by atoms with Gasteiger partial charge in [-0.3, -0.25) is 4.79 Å². The Morgan fingerprint density at radius 2 is 2.12 bits per heavy atom.